The minimum Gasteiger partial charge on any atom is -0.377 e. The van der Waals surface area contributed by atoms with Gasteiger partial charge in [0.25, 0.3) is 0 Å². The fraction of sp³-hybridized carbons (Fsp3) is 0.417. The van der Waals surface area contributed by atoms with Gasteiger partial charge in [-0.2, -0.15) is 5.10 Å². The summed E-state index contributed by atoms with van der Waals surface area (Å²) in [5.41, 5.74) is 1.93. The molecule has 0 aromatic carbocycles. The van der Waals surface area contributed by atoms with Gasteiger partial charge in [0.05, 0.1) is 15.9 Å². The zero-order valence-electron chi connectivity index (χ0n) is 11.4. The van der Waals surface area contributed by atoms with Crippen LogP contribution in [0, 0.1) is 13.8 Å². The topological polar surface area (TPSA) is 64.9 Å². The highest BCUT2D eigenvalue weighted by molar-refractivity contribution is 9.10. The van der Waals surface area contributed by atoms with Gasteiger partial charge in [0.15, 0.2) is 11.6 Å². The van der Waals surface area contributed by atoms with Crippen molar-refractivity contribution in [2.24, 2.45) is 0 Å². The lowest BCUT2D eigenvalue weighted by Gasteiger charge is -2.08. The number of ether oxygens (including phenoxy) is 1. The van der Waals surface area contributed by atoms with Crippen LogP contribution in [0.1, 0.15) is 17.2 Å². The Morgan fingerprint density at radius 2 is 2.11 bits per heavy atom. The summed E-state index contributed by atoms with van der Waals surface area (Å²) < 4.78 is 7.87. The number of aromatic nitrogens is 4. The van der Waals surface area contributed by atoms with E-state index in [-0.39, 0.29) is 0 Å². The van der Waals surface area contributed by atoms with E-state index < -0.39 is 0 Å². The number of nitrogens with zero attached hydrogens (tertiary/aromatic N) is 4. The van der Waals surface area contributed by atoms with Crippen molar-refractivity contribution in [1.82, 2.24) is 19.7 Å². The van der Waals surface area contributed by atoms with E-state index in [1.165, 1.54) is 0 Å². The number of methoxy groups -OCH3 is 1. The van der Waals surface area contributed by atoms with Crippen LogP contribution in [-0.2, 0) is 11.3 Å². The van der Waals surface area contributed by atoms with E-state index in [0.717, 1.165) is 27.5 Å². The Labute approximate surface area is 120 Å². The van der Waals surface area contributed by atoms with Gasteiger partial charge in [-0.15, -0.1) is 0 Å². The minimum atomic E-state index is 0.364. The van der Waals surface area contributed by atoms with Crippen LogP contribution in [0.2, 0.25) is 0 Å². The molecule has 0 atom stereocenters. The number of rotatable bonds is 4. The molecule has 0 aliphatic rings. The van der Waals surface area contributed by atoms with Crippen LogP contribution in [0.15, 0.2) is 10.5 Å². The van der Waals surface area contributed by atoms with Gasteiger partial charge in [0.2, 0.25) is 0 Å². The average Bonchev–Trinajstić information content (AvgIpc) is 2.66. The maximum atomic E-state index is 5.09. The molecule has 0 aliphatic heterocycles. The Balaban J connectivity index is 2.54. The molecular weight excluding hydrogens is 310 g/mol. The Hall–Kier alpha value is -1.47. The molecule has 2 rings (SSSR count). The smallest absolute Gasteiger partial charge is 0.159 e. The van der Waals surface area contributed by atoms with E-state index >= 15 is 0 Å². The summed E-state index contributed by atoms with van der Waals surface area (Å²) in [6, 6.07) is 1.85. The quantitative estimate of drug-likeness (QED) is 0.933. The Morgan fingerprint density at radius 3 is 2.63 bits per heavy atom. The molecule has 0 bridgehead atoms. The van der Waals surface area contributed by atoms with Gasteiger partial charge in [0.1, 0.15) is 12.4 Å². The third-order valence-corrected chi connectivity index (χ3v) is 3.86. The molecule has 0 fully saturated rings. The number of hydrogen-bond acceptors (Lipinski definition) is 5. The van der Waals surface area contributed by atoms with Crippen LogP contribution in [0.3, 0.4) is 0 Å². The fourth-order valence-electron chi connectivity index (χ4n) is 1.76. The number of anilines is 1. The number of hydrogen-bond donors (Lipinski definition) is 1. The summed E-state index contributed by atoms with van der Waals surface area (Å²) >= 11 is 3.52. The highest BCUT2D eigenvalue weighted by atomic mass is 79.9. The predicted octanol–water partition coefficient (Wildman–Crippen LogP) is 2.23. The number of aryl methyl sites for hydroxylation is 1. The van der Waals surface area contributed by atoms with Crippen molar-refractivity contribution in [3.05, 3.63) is 27.8 Å². The molecule has 1 N–H and O–H groups in total. The maximum absolute atomic E-state index is 5.09. The zero-order chi connectivity index (χ0) is 14.0. The van der Waals surface area contributed by atoms with Crippen molar-refractivity contribution in [3.8, 4) is 5.82 Å². The van der Waals surface area contributed by atoms with Crippen molar-refractivity contribution in [2.45, 2.75) is 20.5 Å². The van der Waals surface area contributed by atoms with E-state index in [1.54, 1.807) is 11.8 Å². The first-order chi connectivity index (χ1) is 9.06. The van der Waals surface area contributed by atoms with Gasteiger partial charge >= 0.3 is 0 Å². The SMILES string of the molecule is CNc1cc(-n2nc(C)c(Br)c2C)nc(COC)n1. The largest absolute Gasteiger partial charge is 0.377 e. The Morgan fingerprint density at radius 1 is 1.37 bits per heavy atom. The molecule has 2 aromatic heterocycles. The van der Waals surface area contributed by atoms with Gasteiger partial charge in [-0.05, 0) is 29.8 Å². The van der Waals surface area contributed by atoms with Crippen LogP contribution in [0.25, 0.3) is 5.82 Å². The first-order valence-corrected chi connectivity index (χ1v) is 6.63. The molecule has 2 aromatic rings. The van der Waals surface area contributed by atoms with Crippen molar-refractivity contribution in [3.63, 3.8) is 0 Å². The molecule has 0 amide bonds. The summed E-state index contributed by atoms with van der Waals surface area (Å²) in [5, 5.41) is 7.48. The van der Waals surface area contributed by atoms with E-state index in [4.69, 9.17) is 4.74 Å². The summed E-state index contributed by atoms with van der Waals surface area (Å²) in [5.74, 6) is 2.08. The molecule has 0 spiro atoms. The molecule has 0 saturated carbocycles. The summed E-state index contributed by atoms with van der Waals surface area (Å²) in [7, 11) is 3.44. The second-order valence-electron chi connectivity index (χ2n) is 4.11. The third kappa shape index (κ3) is 2.76. The molecule has 19 heavy (non-hydrogen) atoms. The molecule has 102 valence electrons. The van der Waals surface area contributed by atoms with E-state index in [2.05, 4.69) is 36.3 Å². The first-order valence-electron chi connectivity index (χ1n) is 5.83. The Kier molecular flexibility index (Phi) is 4.16. The summed E-state index contributed by atoms with van der Waals surface area (Å²) in [4.78, 5) is 8.79. The van der Waals surface area contributed by atoms with E-state index in [1.807, 2.05) is 27.0 Å². The minimum absolute atomic E-state index is 0.364. The highest BCUT2D eigenvalue weighted by Gasteiger charge is 2.13. The van der Waals surface area contributed by atoms with Crippen molar-refractivity contribution in [1.29, 1.82) is 0 Å². The van der Waals surface area contributed by atoms with Gasteiger partial charge in [-0.1, -0.05) is 0 Å². The van der Waals surface area contributed by atoms with Crippen molar-refractivity contribution < 1.29 is 4.74 Å². The van der Waals surface area contributed by atoms with Crippen molar-refractivity contribution in [2.75, 3.05) is 19.5 Å². The van der Waals surface area contributed by atoms with E-state index in [9.17, 15) is 0 Å². The van der Waals surface area contributed by atoms with Crippen LogP contribution >= 0.6 is 15.9 Å². The monoisotopic (exact) mass is 325 g/mol. The lowest BCUT2D eigenvalue weighted by Crippen LogP contribution is -2.08. The van der Waals surface area contributed by atoms with Crippen LogP contribution in [-0.4, -0.2) is 33.9 Å². The molecule has 0 radical (unpaired) electrons. The average molecular weight is 326 g/mol. The van der Waals surface area contributed by atoms with Crippen LogP contribution in [0.4, 0.5) is 5.82 Å². The molecule has 0 aliphatic carbocycles. The molecule has 6 nitrogen and oxygen atoms in total. The summed E-state index contributed by atoms with van der Waals surface area (Å²) in [6.45, 7) is 4.30. The lowest BCUT2D eigenvalue weighted by molar-refractivity contribution is 0.178. The number of nitrogens with one attached hydrogen (secondary N) is 1. The normalized spacial score (nSPS) is 10.8. The van der Waals surface area contributed by atoms with Crippen molar-refractivity contribution >= 4 is 21.7 Å². The molecule has 0 unspecified atom stereocenters. The number of halogens is 1. The second kappa shape index (κ2) is 5.66. The standard InChI is InChI=1S/C12H16BrN5O/c1-7-12(13)8(2)18(17-7)11-5-9(14-3)15-10(16-11)6-19-4/h5H,6H2,1-4H3,(H,14,15,16). The van der Waals surface area contributed by atoms with Gasteiger partial charge in [-0.3, -0.25) is 0 Å². The highest BCUT2D eigenvalue weighted by Crippen LogP contribution is 2.23. The predicted molar refractivity (Wildman–Crippen MR) is 76.6 cm³/mol. The summed E-state index contributed by atoms with van der Waals surface area (Å²) in [6.07, 6.45) is 0. The maximum Gasteiger partial charge on any atom is 0.159 e. The van der Waals surface area contributed by atoms with Gasteiger partial charge < -0.3 is 10.1 Å². The second-order valence-corrected chi connectivity index (χ2v) is 4.90. The van der Waals surface area contributed by atoms with Crippen LogP contribution in [0.5, 0.6) is 0 Å². The third-order valence-electron chi connectivity index (χ3n) is 2.71. The van der Waals surface area contributed by atoms with Gasteiger partial charge in [-0.25, -0.2) is 14.6 Å². The molecule has 0 saturated heterocycles. The molecular formula is C12H16BrN5O. The first kappa shape index (κ1) is 14.0. The Bertz CT molecular complexity index is 596. The fourth-order valence-corrected chi connectivity index (χ4v) is 2.01. The van der Waals surface area contributed by atoms with Crippen LogP contribution < -0.4 is 5.32 Å². The van der Waals surface area contributed by atoms with E-state index in [0.29, 0.717) is 12.4 Å². The molecule has 2 heterocycles. The van der Waals surface area contributed by atoms with Gasteiger partial charge in [0, 0.05) is 20.2 Å². The zero-order valence-corrected chi connectivity index (χ0v) is 12.9. The lowest BCUT2D eigenvalue weighted by atomic mass is 10.4. The molecule has 7 heteroatoms.